The number of hydrogen-bond acceptors (Lipinski definition) is 5. The Balaban J connectivity index is 1.52. The van der Waals surface area contributed by atoms with Gasteiger partial charge < -0.3 is 14.5 Å². The summed E-state index contributed by atoms with van der Waals surface area (Å²) in [7, 11) is 0. The average molecular weight is 356 g/mol. The maximum Gasteiger partial charge on any atom is 0.274 e. The lowest BCUT2D eigenvalue weighted by Gasteiger charge is -2.40. The number of ether oxygens (including phenoxy) is 1. The zero-order valence-corrected chi connectivity index (χ0v) is 14.0. The highest BCUT2D eigenvalue weighted by Crippen LogP contribution is 2.32. The molecular weight excluding hydrogens is 339 g/mol. The summed E-state index contributed by atoms with van der Waals surface area (Å²) < 4.78 is 19.4. The molecule has 26 heavy (non-hydrogen) atoms. The van der Waals surface area contributed by atoms with Gasteiger partial charge in [-0.3, -0.25) is 14.6 Å². The number of likely N-dealkylation sites (tertiary alicyclic amines) is 1. The summed E-state index contributed by atoms with van der Waals surface area (Å²) in [5.41, 5.74) is 0.118. The summed E-state index contributed by atoms with van der Waals surface area (Å²) in [6.45, 7) is 1.03. The standard InChI is InChI=1S/C18H17FN4O3/c19-13-2-1-3-14(8-13)23-12-18(26-10-16(23)24)4-7-22(11-18)17(25)15-9-20-5-6-21-15/h1-3,5-6,8-9H,4,7,10-12H2. The van der Waals surface area contributed by atoms with Crippen LogP contribution in [-0.4, -0.2) is 58.5 Å². The van der Waals surface area contributed by atoms with Gasteiger partial charge in [0, 0.05) is 24.6 Å². The maximum atomic E-state index is 13.5. The fourth-order valence-corrected chi connectivity index (χ4v) is 3.43. The van der Waals surface area contributed by atoms with E-state index in [1.807, 2.05) is 0 Å². The first kappa shape index (κ1) is 16.6. The van der Waals surface area contributed by atoms with Crippen molar-refractivity contribution in [2.75, 3.05) is 31.1 Å². The van der Waals surface area contributed by atoms with E-state index in [1.54, 1.807) is 17.0 Å². The van der Waals surface area contributed by atoms with E-state index in [9.17, 15) is 14.0 Å². The molecule has 0 radical (unpaired) electrons. The molecule has 0 bridgehead atoms. The van der Waals surface area contributed by atoms with Gasteiger partial charge in [-0.05, 0) is 24.6 Å². The Bertz CT molecular complexity index is 847. The molecule has 0 aliphatic carbocycles. The van der Waals surface area contributed by atoms with Gasteiger partial charge >= 0.3 is 0 Å². The molecule has 2 aromatic rings. The van der Waals surface area contributed by atoms with Crippen LogP contribution in [0.25, 0.3) is 0 Å². The molecule has 8 heteroatoms. The number of rotatable bonds is 2. The minimum Gasteiger partial charge on any atom is -0.361 e. The van der Waals surface area contributed by atoms with Crippen molar-refractivity contribution in [1.82, 2.24) is 14.9 Å². The molecule has 0 N–H and O–H groups in total. The SMILES string of the molecule is O=C(c1cnccn1)N1CCC2(C1)CN(c1cccc(F)c1)C(=O)CO2. The Morgan fingerprint density at radius 3 is 2.92 bits per heavy atom. The molecule has 2 aliphatic rings. The van der Waals surface area contributed by atoms with Crippen LogP contribution in [0.5, 0.6) is 0 Å². The monoisotopic (exact) mass is 356 g/mol. The van der Waals surface area contributed by atoms with E-state index in [2.05, 4.69) is 9.97 Å². The van der Waals surface area contributed by atoms with E-state index >= 15 is 0 Å². The molecule has 1 aromatic carbocycles. The number of morpholine rings is 1. The highest BCUT2D eigenvalue weighted by molar-refractivity contribution is 5.95. The maximum absolute atomic E-state index is 13.5. The first-order valence-corrected chi connectivity index (χ1v) is 8.32. The lowest BCUT2D eigenvalue weighted by molar-refractivity contribution is -0.137. The molecule has 2 fully saturated rings. The van der Waals surface area contributed by atoms with Crippen molar-refractivity contribution < 1.29 is 18.7 Å². The summed E-state index contributed by atoms with van der Waals surface area (Å²) >= 11 is 0. The summed E-state index contributed by atoms with van der Waals surface area (Å²) in [5.74, 6) is -0.838. The summed E-state index contributed by atoms with van der Waals surface area (Å²) in [5, 5.41) is 0. The third kappa shape index (κ3) is 3.03. The number of nitrogens with zero attached hydrogens (tertiary/aromatic N) is 4. The van der Waals surface area contributed by atoms with Crippen molar-refractivity contribution in [3.63, 3.8) is 0 Å². The van der Waals surface area contributed by atoms with E-state index < -0.39 is 11.4 Å². The average Bonchev–Trinajstić information content (AvgIpc) is 3.08. The Labute approximate surface area is 149 Å². The minimum atomic E-state index is -0.655. The van der Waals surface area contributed by atoms with Gasteiger partial charge in [-0.1, -0.05) is 6.07 Å². The number of anilines is 1. The number of amides is 2. The number of benzene rings is 1. The van der Waals surface area contributed by atoms with Crippen molar-refractivity contribution in [2.24, 2.45) is 0 Å². The lowest BCUT2D eigenvalue weighted by Crippen LogP contribution is -2.56. The Morgan fingerprint density at radius 1 is 1.27 bits per heavy atom. The smallest absolute Gasteiger partial charge is 0.274 e. The molecule has 1 spiro atoms. The van der Waals surface area contributed by atoms with Crippen molar-refractivity contribution in [3.05, 3.63) is 54.4 Å². The molecule has 1 aromatic heterocycles. The first-order chi connectivity index (χ1) is 12.6. The van der Waals surface area contributed by atoms with Gasteiger partial charge in [0.05, 0.1) is 19.3 Å². The topological polar surface area (TPSA) is 75.6 Å². The van der Waals surface area contributed by atoms with Crippen LogP contribution in [0.3, 0.4) is 0 Å². The van der Waals surface area contributed by atoms with Crippen molar-refractivity contribution in [3.8, 4) is 0 Å². The molecule has 1 unspecified atom stereocenters. The third-order valence-corrected chi connectivity index (χ3v) is 4.75. The molecule has 3 heterocycles. The van der Waals surface area contributed by atoms with E-state index in [0.29, 0.717) is 25.2 Å². The molecule has 4 rings (SSSR count). The zero-order chi connectivity index (χ0) is 18.1. The zero-order valence-electron chi connectivity index (χ0n) is 14.0. The molecule has 7 nitrogen and oxygen atoms in total. The highest BCUT2D eigenvalue weighted by atomic mass is 19.1. The number of carbonyl (C=O) groups excluding carboxylic acids is 2. The van der Waals surface area contributed by atoms with E-state index in [4.69, 9.17) is 4.74 Å². The number of carbonyl (C=O) groups is 2. The Morgan fingerprint density at radius 2 is 2.15 bits per heavy atom. The summed E-state index contributed by atoms with van der Waals surface area (Å²) in [6, 6.07) is 5.92. The van der Waals surface area contributed by atoms with Gasteiger partial charge in [-0.2, -0.15) is 0 Å². The lowest BCUT2D eigenvalue weighted by atomic mass is 10.00. The van der Waals surface area contributed by atoms with Gasteiger partial charge in [0.25, 0.3) is 11.8 Å². The fraction of sp³-hybridized carbons (Fsp3) is 0.333. The van der Waals surface area contributed by atoms with E-state index in [-0.39, 0.29) is 30.7 Å². The Kier molecular flexibility index (Phi) is 4.12. The normalized spacial score (nSPS) is 22.9. The molecule has 0 saturated carbocycles. The van der Waals surface area contributed by atoms with Gasteiger partial charge in [0.1, 0.15) is 23.7 Å². The predicted octanol–water partition coefficient (Wildman–Crippen LogP) is 1.26. The molecule has 134 valence electrons. The quantitative estimate of drug-likeness (QED) is 0.810. The summed E-state index contributed by atoms with van der Waals surface area (Å²) in [6.07, 6.45) is 5.01. The Hall–Kier alpha value is -2.87. The van der Waals surface area contributed by atoms with E-state index in [1.165, 1.54) is 35.6 Å². The summed E-state index contributed by atoms with van der Waals surface area (Å²) in [4.78, 5) is 36.0. The highest BCUT2D eigenvalue weighted by Gasteiger charge is 2.46. The largest absolute Gasteiger partial charge is 0.361 e. The van der Waals surface area contributed by atoms with Gasteiger partial charge in [0.2, 0.25) is 0 Å². The second-order valence-electron chi connectivity index (χ2n) is 6.50. The minimum absolute atomic E-state index is 0.0936. The second kappa shape index (κ2) is 6.45. The molecule has 2 amide bonds. The molecular formula is C18H17FN4O3. The van der Waals surface area contributed by atoms with Gasteiger partial charge in [-0.25, -0.2) is 9.37 Å². The van der Waals surface area contributed by atoms with Crippen LogP contribution in [-0.2, 0) is 9.53 Å². The van der Waals surface area contributed by atoms with Gasteiger partial charge in [-0.15, -0.1) is 0 Å². The van der Waals surface area contributed by atoms with Gasteiger partial charge in [0.15, 0.2) is 0 Å². The third-order valence-electron chi connectivity index (χ3n) is 4.75. The number of hydrogen-bond donors (Lipinski definition) is 0. The van der Waals surface area contributed by atoms with Crippen LogP contribution in [0.15, 0.2) is 42.9 Å². The van der Waals surface area contributed by atoms with Crippen molar-refractivity contribution in [1.29, 1.82) is 0 Å². The van der Waals surface area contributed by atoms with Crippen LogP contribution in [0, 0.1) is 5.82 Å². The molecule has 2 aliphatic heterocycles. The number of halogens is 1. The van der Waals surface area contributed by atoms with Crippen molar-refractivity contribution >= 4 is 17.5 Å². The number of aromatic nitrogens is 2. The predicted molar refractivity (Wildman–Crippen MR) is 90.0 cm³/mol. The second-order valence-corrected chi connectivity index (χ2v) is 6.50. The van der Waals surface area contributed by atoms with Crippen LogP contribution in [0.4, 0.5) is 10.1 Å². The molecule has 1 atom stereocenters. The fourth-order valence-electron chi connectivity index (χ4n) is 3.43. The first-order valence-electron chi connectivity index (χ1n) is 8.32. The molecule has 2 saturated heterocycles. The van der Waals surface area contributed by atoms with Crippen molar-refractivity contribution in [2.45, 2.75) is 12.0 Å². The van der Waals surface area contributed by atoms with Crippen LogP contribution < -0.4 is 4.90 Å². The van der Waals surface area contributed by atoms with Crippen LogP contribution >= 0.6 is 0 Å². The van der Waals surface area contributed by atoms with E-state index in [0.717, 1.165) is 0 Å². The van der Waals surface area contributed by atoms with Crippen LogP contribution in [0.1, 0.15) is 16.9 Å². The van der Waals surface area contributed by atoms with Crippen LogP contribution in [0.2, 0.25) is 0 Å².